The van der Waals surface area contributed by atoms with Crippen LogP contribution in [0.4, 0.5) is 5.69 Å². The summed E-state index contributed by atoms with van der Waals surface area (Å²) in [5.74, 6) is -0.121. The molecule has 0 bridgehead atoms. The van der Waals surface area contributed by atoms with Crippen molar-refractivity contribution in [3.05, 3.63) is 89.5 Å². The predicted octanol–water partition coefficient (Wildman–Crippen LogP) is 4.70. The number of anilines is 1. The average Bonchev–Trinajstić information content (AvgIpc) is 2.97. The Bertz CT molecular complexity index is 1390. The lowest BCUT2D eigenvalue weighted by Crippen LogP contribution is -2.51. The zero-order chi connectivity index (χ0) is 29.3. The van der Waals surface area contributed by atoms with Crippen molar-refractivity contribution in [3.63, 3.8) is 0 Å². The van der Waals surface area contributed by atoms with E-state index in [-0.39, 0.29) is 17.3 Å². The van der Waals surface area contributed by atoms with Gasteiger partial charge in [-0.3, -0.25) is 13.9 Å². The lowest BCUT2D eigenvalue weighted by Gasteiger charge is -2.32. The van der Waals surface area contributed by atoms with Crippen molar-refractivity contribution < 1.29 is 22.7 Å². The molecule has 0 radical (unpaired) electrons. The molecule has 2 amide bonds. The molecule has 0 aliphatic rings. The van der Waals surface area contributed by atoms with Crippen molar-refractivity contribution >= 4 is 27.5 Å². The van der Waals surface area contributed by atoms with Gasteiger partial charge in [0.1, 0.15) is 18.3 Å². The van der Waals surface area contributed by atoms with E-state index in [0.29, 0.717) is 24.4 Å². The molecule has 0 fully saturated rings. The van der Waals surface area contributed by atoms with Gasteiger partial charge in [-0.1, -0.05) is 61.9 Å². The van der Waals surface area contributed by atoms with E-state index in [0.717, 1.165) is 27.4 Å². The fraction of sp³-hybridized carbons (Fsp3) is 0.355. The first-order chi connectivity index (χ1) is 19.1. The Labute approximate surface area is 238 Å². The van der Waals surface area contributed by atoms with Crippen molar-refractivity contribution in [2.24, 2.45) is 0 Å². The Morgan fingerprint density at radius 2 is 1.60 bits per heavy atom. The third-order valence-electron chi connectivity index (χ3n) is 6.76. The molecule has 0 saturated carbocycles. The highest BCUT2D eigenvalue weighted by molar-refractivity contribution is 7.92. The van der Waals surface area contributed by atoms with Gasteiger partial charge in [0, 0.05) is 13.1 Å². The van der Waals surface area contributed by atoms with Crippen LogP contribution in [0.2, 0.25) is 0 Å². The molecule has 0 unspecified atom stereocenters. The molecule has 1 atom stereocenters. The summed E-state index contributed by atoms with van der Waals surface area (Å²) in [6, 6.07) is 20.1. The number of carbonyl (C=O) groups is 2. The highest BCUT2D eigenvalue weighted by atomic mass is 32.2. The zero-order valence-electron chi connectivity index (χ0n) is 23.9. The topological polar surface area (TPSA) is 96.0 Å². The molecular weight excluding hydrogens is 526 g/mol. The molecule has 0 aromatic heterocycles. The average molecular weight is 566 g/mol. The second-order valence-electron chi connectivity index (χ2n) is 9.64. The molecule has 3 aromatic rings. The van der Waals surface area contributed by atoms with Crippen molar-refractivity contribution in [1.29, 1.82) is 0 Å². The normalized spacial score (nSPS) is 11.9. The fourth-order valence-electron chi connectivity index (χ4n) is 4.31. The van der Waals surface area contributed by atoms with Crippen LogP contribution in [-0.2, 0) is 32.6 Å². The molecule has 3 aromatic carbocycles. The van der Waals surface area contributed by atoms with Crippen LogP contribution in [0.3, 0.4) is 0 Å². The first-order valence-corrected chi connectivity index (χ1v) is 14.9. The molecule has 0 saturated heterocycles. The molecule has 214 valence electrons. The van der Waals surface area contributed by atoms with Gasteiger partial charge in [0.05, 0.1) is 17.7 Å². The number of benzene rings is 3. The minimum absolute atomic E-state index is 0.0900. The summed E-state index contributed by atoms with van der Waals surface area (Å²) >= 11 is 0. The first-order valence-electron chi connectivity index (χ1n) is 13.5. The lowest BCUT2D eigenvalue weighted by atomic mass is 10.1. The van der Waals surface area contributed by atoms with E-state index >= 15 is 0 Å². The molecule has 0 heterocycles. The number of methoxy groups -OCH3 is 1. The lowest BCUT2D eigenvalue weighted by molar-refractivity contribution is -0.139. The molecule has 40 heavy (non-hydrogen) atoms. The second kappa shape index (κ2) is 14.0. The predicted molar refractivity (Wildman–Crippen MR) is 158 cm³/mol. The minimum atomic E-state index is -4.11. The van der Waals surface area contributed by atoms with E-state index in [2.05, 4.69) is 5.32 Å². The quantitative estimate of drug-likeness (QED) is 0.324. The number of ether oxygens (including phenoxy) is 1. The maximum Gasteiger partial charge on any atom is 0.264 e. The fourth-order valence-corrected chi connectivity index (χ4v) is 5.76. The van der Waals surface area contributed by atoms with Gasteiger partial charge in [-0.15, -0.1) is 0 Å². The van der Waals surface area contributed by atoms with Gasteiger partial charge in [0.15, 0.2) is 0 Å². The Hall–Kier alpha value is -3.85. The summed E-state index contributed by atoms with van der Waals surface area (Å²) < 4.78 is 34.4. The molecule has 9 heteroatoms. The standard InChI is InChI=1S/C31H39N3O5S/c1-6-20-32-31(36)24(4)33(21-25-14-16-27(39-5)17-15-25)30(35)22-34(29-11-9-8-10-26(29)7-2)40(37,38)28-18-12-23(3)13-19-28/h8-19,24H,6-7,20-22H2,1-5H3,(H,32,36)/t24-/m0/s1. The smallest absolute Gasteiger partial charge is 0.264 e. The van der Waals surface area contributed by atoms with Gasteiger partial charge < -0.3 is 15.0 Å². The van der Waals surface area contributed by atoms with E-state index < -0.39 is 28.5 Å². The van der Waals surface area contributed by atoms with Crippen LogP contribution in [0.25, 0.3) is 0 Å². The number of nitrogens with one attached hydrogen (secondary N) is 1. The molecule has 0 aliphatic carbocycles. The highest BCUT2D eigenvalue weighted by Crippen LogP contribution is 2.28. The van der Waals surface area contributed by atoms with E-state index in [1.54, 1.807) is 62.6 Å². The van der Waals surface area contributed by atoms with Gasteiger partial charge in [0.2, 0.25) is 11.8 Å². The summed E-state index contributed by atoms with van der Waals surface area (Å²) in [4.78, 5) is 28.5. The Morgan fingerprint density at radius 1 is 0.950 bits per heavy atom. The second-order valence-corrected chi connectivity index (χ2v) is 11.5. The van der Waals surface area contributed by atoms with Gasteiger partial charge in [-0.05, 0) is 68.1 Å². The number of rotatable bonds is 13. The number of amides is 2. The van der Waals surface area contributed by atoms with Gasteiger partial charge >= 0.3 is 0 Å². The van der Waals surface area contributed by atoms with E-state index in [4.69, 9.17) is 4.74 Å². The number of aryl methyl sites for hydroxylation is 2. The third kappa shape index (κ3) is 7.41. The van der Waals surface area contributed by atoms with Crippen LogP contribution in [-0.4, -0.2) is 51.4 Å². The van der Waals surface area contributed by atoms with Crippen LogP contribution < -0.4 is 14.4 Å². The van der Waals surface area contributed by atoms with Gasteiger partial charge in [-0.2, -0.15) is 0 Å². The van der Waals surface area contributed by atoms with Crippen LogP contribution in [0.1, 0.15) is 43.9 Å². The minimum Gasteiger partial charge on any atom is -0.497 e. The number of para-hydroxylation sites is 1. The van der Waals surface area contributed by atoms with Crippen molar-refractivity contribution in [1.82, 2.24) is 10.2 Å². The molecule has 3 rings (SSSR count). The Balaban J connectivity index is 2.04. The maximum atomic E-state index is 14.0. The van der Waals surface area contributed by atoms with Crippen LogP contribution in [0, 0.1) is 6.92 Å². The van der Waals surface area contributed by atoms with Crippen LogP contribution >= 0.6 is 0 Å². The Kier molecular flexibility index (Phi) is 10.7. The summed E-state index contributed by atoms with van der Waals surface area (Å²) in [7, 11) is -2.53. The van der Waals surface area contributed by atoms with Gasteiger partial charge in [0.25, 0.3) is 10.0 Å². The monoisotopic (exact) mass is 565 g/mol. The summed E-state index contributed by atoms with van der Waals surface area (Å²) in [5, 5.41) is 2.85. The van der Waals surface area contributed by atoms with E-state index in [1.807, 2.05) is 45.0 Å². The van der Waals surface area contributed by atoms with Crippen molar-refractivity contribution in [2.45, 2.75) is 58.0 Å². The summed E-state index contributed by atoms with van der Waals surface area (Å²) in [6.07, 6.45) is 1.33. The summed E-state index contributed by atoms with van der Waals surface area (Å²) in [6.45, 7) is 7.56. The number of hydrogen-bond donors (Lipinski definition) is 1. The number of hydrogen-bond acceptors (Lipinski definition) is 5. The number of carbonyl (C=O) groups excluding carboxylic acids is 2. The largest absolute Gasteiger partial charge is 0.497 e. The van der Waals surface area contributed by atoms with Crippen LogP contribution in [0.15, 0.2) is 77.7 Å². The SMILES string of the molecule is CCCNC(=O)[C@H](C)N(Cc1ccc(OC)cc1)C(=O)CN(c1ccccc1CC)S(=O)(=O)c1ccc(C)cc1. The highest BCUT2D eigenvalue weighted by Gasteiger charge is 2.33. The van der Waals surface area contributed by atoms with Crippen LogP contribution in [0.5, 0.6) is 5.75 Å². The molecule has 8 nitrogen and oxygen atoms in total. The summed E-state index contributed by atoms with van der Waals surface area (Å²) in [5.41, 5.74) is 2.94. The van der Waals surface area contributed by atoms with Crippen molar-refractivity contribution in [3.8, 4) is 5.75 Å². The molecular formula is C31H39N3O5S. The van der Waals surface area contributed by atoms with E-state index in [1.165, 1.54) is 4.90 Å². The first kappa shape index (κ1) is 30.7. The van der Waals surface area contributed by atoms with Crippen molar-refractivity contribution in [2.75, 3.05) is 24.5 Å². The van der Waals surface area contributed by atoms with E-state index in [9.17, 15) is 18.0 Å². The molecule has 0 spiro atoms. The molecule has 0 aliphatic heterocycles. The molecule has 1 N–H and O–H groups in total. The zero-order valence-corrected chi connectivity index (χ0v) is 24.7. The maximum absolute atomic E-state index is 14.0. The number of sulfonamides is 1. The van der Waals surface area contributed by atoms with Gasteiger partial charge in [-0.25, -0.2) is 8.42 Å². The third-order valence-corrected chi connectivity index (χ3v) is 8.53. The Morgan fingerprint density at radius 3 is 2.20 bits per heavy atom. The number of nitrogens with zero attached hydrogens (tertiary/aromatic N) is 2.